The Hall–Kier alpha value is 4.42. The Morgan fingerprint density at radius 1 is 0.286 bits per heavy atom. The van der Waals surface area contributed by atoms with Crippen LogP contribution < -0.4 is 0 Å². The van der Waals surface area contributed by atoms with E-state index in [4.69, 9.17) is 0 Å². The smallest absolute Gasteiger partial charge is 0 e. The normalized spacial score (nSPS) is 0. The number of rotatable bonds is 0. The van der Waals surface area contributed by atoms with Gasteiger partial charge >= 0.3 is 0 Å². The summed E-state index contributed by atoms with van der Waals surface area (Å²) in [5.74, 6) is 0. The molecule has 0 aromatic heterocycles. The fourth-order valence-corrected chi connectivity index (χ4v) is 0. The van der Waals surface area contributed by atoms with E-state index in [9.17, 15) is 0 Å². The van der Waals surface area contributed by atoms with Crippen molar-refractivity contribution in [2.24, 2.45) is 0 Å². The second-order valence-electron chi connectivity index (χ2n) is 0. The number of hydrogen-bond acceptors (Lipinski definition) is 0. The first-order valence-corrected chi connectivity index (χ1v) is 0. The van der Waals surface area contributed by atoms with Gasteiger partial charge in [-0.3, -0.25) is 0 Å². The van der Waals surface area contributed by atoms with E-state index < -0.39 is 0 Å². The molecule has 0 rings (SSSR count). The molecule has 58 valence electrons. The Morgan fingerprint density at radius 2 is 0.286 bits per heavy atom. The van der Waals surface area contributed by atoms with Gasteiger partial charge in [0.15, 0.2) is 0 Å². The molecule has 0 spiro atoms. The molecule has 0 fully saturated rings. The second-order valence-corrected chi connectivity index (χ2v) is 0. The predicted octanol–water partition coefficient (Wildman–Crippen LogP) is -0.0150. The molecule has 0 aliphatic heterocycles. The minimum Gasteiger partial charge on any atom is 0 e. The molecule has 0 aliphatic carbocycles. The van der Waals surface area contributed by atoms with Crippen LogP contribution >= 0.6 is 0 Å². The third kappa shape index (κ3) is 37.8. The summed E-state index contributed by atoms with van der Waals surface area (Å²) < 4.78 is 0. The molecule has 0 amide bonds. The molecule has 0 bridgehead atoms. The van der Waals surface area contributed by atoms with Gasteiger partial charge in [0.25, 0.3) is 0 Å². The van der Waals surface area contributed by atoms with E-state index >= 15 is 0 Å². The SMILES string of the molecule is [Ce].[Co].[Co].[Co].[Co].[Co].[Co]. The summed E-state index contributed by atoms with van der Waals surface area (Å²) in [6.07, 6.45) is 0. The van der Waals surface area contributed by atoms with Gasteiger partial charge in [0.05, 0.1) is 0 Å². The van der Waals surface area contributed by atoms with Crippen molar-refractivity contribution in [3.8, 4) is 0 Å². The van der Waals surface area contributed by atoms with Crippen LogP contribution in [0.1, 0.15) is 0 Å². The summed E-state index contributed by atoms with van der Waals surface area (Å²) in [5.41, 5.74) is 0. The van der Waals surface area contributed by atoms with Crippen molar-refractivity contribution in [2.75, 3.05) is 0 Å². The summed E-state index contributed by atoms with van der Waals surface area (Å²) in [7, 11) is 0. The molecular formula is CeCo6. The Bertz CT molecular complexity index is 4.14. The molecule has 0 aliphatic rings. The zero-order chi connectivity index (χ0) is 0. The van der Waals surface area contributed by atoms with E-state index in [0.717, 1.165) is 0 Å². The van der Waals surface area contributed by atoms with E-state index in [1.807, 2.05) is 0 Å². The van der Waals surface area contributed by atoms with Crippen LogP contribution in [0.25, 0.3) is 0 Å². The minimum atomic E-state index is 0. The van der Waals surface area contributed by atoms with Gasteiger partial charge in [0.1, 0.15) is 0 Å². The molecule has 0 aromatic rings. The fourth-order valence-electron chi connectivity index (χ4n) is 0. The quantitative estimate of drug-likeness (QED) is 0.445. The van der Waals surface area contributed by atoms with Gasteiger partial charge in [0.2, 0.25) is 0 Å². The maximum Gasteiger partial charge on any atom is 0 e. The first-order valence-electron chi connectivity index (χ1n) is 0. The molecule has 0 unspecified atom stereocenters. The molecule has 0 N–H and O–H groups in total. The van der Waals surface area contributed by atoms with Crippen LogP contribution in [0.3, 0.4) is 0 Å². The topological polar surface area (TPSA) is 0 Å². The third-order valence-corrected chi connectivity index (χ3v) is 0. The van der Waals surface area contributed by atoms with Crippen molar-refractivity contribution in [1.82, 2.24) is 0 Å². The average molecular weight is 494 g/mol. The second kappa shape index (κ2) is 47.4. The van der Waals surface area contributed by atoms with Gasteiger partial charge in [-0.1, -0.05) is 0 Å². The van der Waals surface area contributed by atoms with E-state index in [0.29, 0.717) is 0 Å². The van der Waals surface area contributed by atoms with Gasteiger partial charge in [-0.05, 0) is 0 Å². The van der Waals surface area contributed by atoms with Crippen LogP contribution in [-0.2, 0) is 101 Å². The van der Waals surface area contributed by atoms with Crippen LogP contribution in [0.4, 0.5) is 0 Å². The van der Waals surface area contributed by atoms with Gasteiger partial charge < -0.3 is 0 Å². The molecular weight excluding hydrogens is 494 g/mol. The van der Waals surface area contributed by atoms with Crippen molar-refractivity contribution in [3.63, 3.8) is 0 Å². The Labute approximate surface area is 139 Å². The molecule has 0 saturated carbocycles. The first kappa shape index (κ1) is 63.5. The maximum absolute atomic E-state index is 0. The molecule has 0 atom stereocenters. The van der Waals surface area contributed by atoms with Crippen molar-refractivity contribution in [3.05, 3.63) is 0 Å². The summed E-state index contributed by atoms with van der Waals surface area (Å²) in [6, 6.07) is 0. The standard InChI is InChI=1S/Ce.6Co. The van der Waals surface area contributed by atoms with Crippen LogP contribution in [0.15, 0.2) is 0 Å². The Kier molecular flexibility index (Phi) is 430. The molecule has 0 heterocycles. The fraction of sp³-hybridized carbons (Fsp3) is 0. The van der Waals surface area contributed by atoms with E-state index in [1.165, 1.54) is 0 Å². The van der Waals surface area contributed by atoms with E-state index in [-0.39, 0.29) is 142 Å². The van der Waals surface area contributed by atoms with Crippen molar-refractivity contribution < 1.29 is 142 Å². The summed E-state index contributed by atoms with van der Waals surface area (Å²) in [6.45, 7) is 0. The van der Waals surface area contributed by atoms with Crippen molar-refractivity contribution in [1.29, 1.82) is 0 Å². The molecule has 7 heteroatoms. The summed E-state index contributed by atoms with van der Waals surface area (Å²) in [5, 5.41) is 0. The molecule has 6 radical (unpaired) electrons. The van der Waals surface area contributed by atoms with Crippen molar-refractivity contribution in [2.45, 2.75) is 0 Å². The maximum atomic E-state index is 0. The zero-order valence-corrected chi connectivity index (χ0v) is 11.9. The average Bonchev–Trinajstić information content (AvgIpc) is 0. The molecule has 0 nitrogen and oxygen atoms in total. The predicted molar refractivity (Wildman–Crippen MR) is 0 cm³/mol. The van der Waals surface area contributed by atoms with Crippen LogP contribution in [0.2, 0.25) is 0 Å². The summed E-state index contributed by atoms with van der Waals surface area (Å²) >= 11 is 0. The minimum absolute atomic E-state index is 0. The van der Waals surface area contributed by atoms with Crippen LogP contribution in [0, 0.1) is 41.7 Å². The first-order chi connectivity index (χ1) is 0. The van der Waals surface area contributed by atoms with Crippen LogP contribution in [0.5, 0.6) is 0 Å². The monoisotopic (exact) mass is 494 g/mol. The van der Waals surface area contributed by atoms with Crippen molar-refractivity contribution >= 4 is 0 Å². The van der Waals surface area contributed by atoms with Gasteiger partial charge in [-0.2, -0.15) is 0 Å². The van der Waals surface area contributed by atoms with Gasteiger partial charge in [-0.25, -0.2) is 0 Å². The Morgan fingerprint density at radius 3 is 0.286 bits per heavy atom. The Balaban J connectivity index is 0. The van der Waals surface area contributed by atoms with Gasteiger partial charge in [-0.15, -0.1) is 0 Å². The van der Waals surface area contributed by atoms with E-state index in [1.54, 1.807) is 0 Å². The zero-order valence-electron chi connectivity index (χ0n) is 2.50. The third-order valence-electron chi connectivity index (χ3n) is 0. The largest absolute Gasteiger partial charge is 0 e. The summed E-state index contributed by atoms with van der Waals surface area (Å²) in [4.78, 5) is 0. The van der Waals surface area contributed by atoms with E-state index in [2.05, 4.69) is 0 Å². The molecule has 0 saturated heterocycles. The van der Waals surface area contributed by atoms with Crippen LogP contribution in [-0.4, -0.2) is 0 Å². The molecule has 0 aromatic carbocycles. The van der Waals surface area contributed by atoms with Gasteiger partial charge in [0, 0.05) is 142 Å². The molecule has 7 heavy (non-hydrogen) atoms. The number of hydrogen-bond donors (Lipinski definition) is 0.